The Morgan fingerprint density at radius 3 is 2.18 bits per heavy atom. The largest absolute Gasteiger partial charge is 0.507 e. The number of phenolic OH excluding ortho intramolecular Hbond substituents is 1. The Kier molecular flexibility index (Phi) is 17.2. The van der Waals surface area contributed by atoms with Crippen LogP contribution in [0.4, 0.5) is 5.82 Å². The van der Waals surface area contributed by atoms with Gasteiger partial charge in [-0.05, 0) is 54.0 Å². The number of carbonyl (C=O) groups excluding carboxylic acids is 4. The zero-order valence-electron chi connectivity index (χ0n) is 38.2. The van der Waals surface area contributed by atoms with Crippen molar-refractivity contribution in [2.45, 2.75) is 116 Å². The van der Waals surface area contributed by atoms with Crippen LogP contribution in [0.5, 0.6) is 11.5 Å². The summed E-state index contributed by atoms with van der Waals surface area (Å²) in [5, 5.41) is 38.0. The molecule has 66 heavy (non-hydrogen) atoms. The van der Waals surface area contributed by atoms with Crippen LogP contribution in [0.25, 0.3) is 21.7 Å². The average Bonchev–Trinajstić information content (AvgIpc) is 3.92. The Morgan fingerprint density at radius 2 is 1.53 bits per heavy atom. The standard InChI is InChI=1S/C50H62N8O7S/c1-32-45(66-31-53-32)35-24-22-33(23-25-35)28-52-48(63)40-26-36(59)29-58(40)49(64)46(50(2,3)4)55-44(62)21-13-8-6-5-7-12-20-43(61)54-39(34-16-10-9-11-17-34)30-65-42-27-38(56-57-47(42)51)37-18-14-15-19-41(37)60/h9-11,14-19,22-25,27,31,36,39-40,46,59-60H,5-8,12-13,20-21,26,28-30H2,1-4H3,(H2,51,57)(H,52,63)(H,54,61)(H,55,62)/t36-,39?,40+,46-/m1/s1. The number of ether oxygens (including phenoxy) is 1. The fourth-order valence-electron chi connectivity index (χ4n) is 7.96. The number of aliphatic hydroxyl groups is 1. The van der Waals surface area contributed by atoms with E-state index in [9.17, 15) is 29.4 Å². The number of rotatable bonds is 21. The molecule has 15 nitrogen and oxygen atoms in total. The highest BCUT2D eigenvalue weighted by molar-refractivity contribution is 7.13. The maximum absolute atomic E-state index is 14.0. The summed E-state index contributed by atoms with van der Waals surface area (Å²) in [7, 11) is 0. The van der Waals surface area contributed by atoms with Crippen LogP contribution in [0.1, 0.15) is 101 Å². The van der Waals surface area contributed by atoms with Gasteiger partial charge in [-0.1, -0.05) is 113 Å². The number of nitrogens with two attached hydrogens (primary N) is 1. The number of hydrogen-bond donors (Lipinski definition) is 6. The van der Waals surface area contributed by atoms with Gasteiger partial charge < -0.3 is 41.5 Å². The van der Waals surface area contributed by atoms with Crippen molar-refractivity contribution in [3.63, 3.8) is 0 Å². The maximum Gasteiger partial charge on any atom is 0.246 e. The highest BCUT2D eigenvalue weighted by Crippen LogP contribution is 2.32. The molecule has 3 aromatic carbocycles. The molecule has 2 aromatic heterocycles. The van der Waals surface area contributed by atoms with Gasteiger partial charge in [0.15, 0.2) is 11.6 Å². The SMILES string of the molecule is Cc1ncsc1-c1ccc(CNC(=O)[C@@H]2C[C@@H](O)CN2C(=O)[C@@H](NC(=O)CCCCCCCCC(=O)NC(COc2cc(-c3ccccc3O)nnc2N)c2ccccc2)C(C)(C)C)cc1. The van der Waals surface area contributed by atoms with Gasteiger partial charge in [0.05, 0.1) is 28.2 Å². The number of nitrogens with zero attached hydrogens (tertiary/aromatic N) is 4. The van der Waals surface area contributed by atoms with Crippen LogP contribution in [-0.4, -0.2) is 85.3 Å². The van der Waals surface area contributed by atoms with Gasteiger partial charge in [-0.15, -0.1) is 21.5 Å². The number of hydrogen-bond acceptors (Lipinski definition) is 12. The molecule has 1 saturated heterocycles. The second-order valence-corrected chi connectivity index (χ2v) is 18.8. The number of nitrogen functional groups attached to an aromatic ring is 1. The lowest BCUT2D eigenvalue weighted by molar-refractivity contribution is -0.144. The van der Waals surface area contributed by atoms with Crippen LogP contribution in [0.15, 0.2) is 90.4 Å². The average molecular weight is 919 g/mol. The van der Waals surface area contributed by atoms with Gasteiger partial charge in [-0.25, -0.2) is 4.98 Å². The first kappa shape index (κ1) is 49.1. The molecule has 350 valence electrons. The summed E-state index contributed by atoms with van der Waals surface area (Å²) in [6, 6.07) is 23.6. The van der Waals surface area contributed by atoms with Crippen molar-refractivity contribution in [3.05, 3.63) is 107 Å². The van der Waals surface area contributed by atoms with E-state index in [0.717, 1.165) is 52.9 Å². The number of likely N-dealkylation sites (tertiary alicyclic amines) is 1. The topological polar surface area (TPSA) is 222 Å². The van der Waals surface area contributed by atoms with E-state index < -0.39 is 35.6 Å². The maximum atomic E-state index is 14.0. The van der Waals surface area contributed by atoms with Gasteiger partial charge in [-0.3, -0.25) is 19.2 Å². The van der Waals surface area contributed by atoms with E-state index >= 15 is 0 Å². The Labute approximate surface area is 390 Å². The number of nitrogens with one attached hydrogen (secondary N) is 3. The number of phenols is 1. The van der Waals surface area contributed by atoms with Crippen LogP contribution in [0.2, 0.25) is 0 Å². The van der Waals surface area contributed by atoms with Crippen molar-refractivity contribution >= 4 is 40.8 Å². The summed E-state index contributed by atoms with van der Waals surface area (Å²) >= 11 is 1.57. The molecule has 0 spiro atoms. The number of unbranched alkanes of at least 4 members (excludes halogenated alkanes) is 5. The number of aromatic hydroxyl groups is 1. The van der Waals surface area contributed by atoms with E-state index in [1.54, 1.807) is 41.7 Å². The number of β-amino-alcohol motifs (C(OH)–C–C–N with tert-alkyl or cyclic N) is 1. The molecule has 4 atom stereocenters. The fraction of sp³-hybridized carbons (Fsp3) is 0.420. The highest BCUT2D eigenvalue weighted by atomic mass is 32.1. The molecule has 0 aliphatic carbocycles. The third-order valence-electron chi connectivity index (χ3n) is 11.7. The van der Waals surface area contributed by atoms with Crippen LogP contribution in [-0.2, 0) is 25.7 Å². The Hall–Kier alpha value is -6.39. The number of anilines is 1. The number of carbonyl (C=O) groups is 4. The molecule has 1 aliphatic rings. The summed E-state index contributed by atoms with van der Waals surface area (Å²) in [4.78, 5) is 60.7. The second kappa shape index (κ2) is 23.2. The predicted molar refractivity (Wildman–Crippen MR) is 255 cm³/mol. The van der Waals surface area contributed by atoms with Gasteiger partial charge in [0.25, 0.3) is 0 Å². The van der Waals surface area contributed by atoms with Crippen molar-refractivity contribution in [1.82, 2.24) is 36.0 Å². The first-order chi connectivity index (χ1) is 31.7. The van der Waals surface area contributed by atoms with Crippen molar-refractivity contribution in [2.24, 2.45) is 5.41 Å². The second-order valence-electron chi connectivity index (χ2n) is 17.9. The van der Waals surface area contributed by atoms with Gasteiger partial charge in [0.1, 0.15) is 30.1 Å². The molecule has 6 rings (SSSR count). The number of benzene rings is 3. The molecule has 1 fully saturated rings. The fourth-order valence-corrected chi connectivity index (χ4v) is 8.77. The van der Waals surface area contributed by atoms with Gasteiger partial charge in [-0.2, -0.15) is 0 Å². The lowest BCUT2D eigenvalue weighted by Gasteiger charge is -2.35. The molecule has 1 unspecified atom stereocenters. The van der Waals surface area contributed by atoms with Crippen molar-refractivity contribution in [1.29, 1.82) is 0 Å². The van der Waals surface area contributed by atoms with Crippen molar-refractivity contribution in [3.8, 4) is 33.2 Å². The number of amides is 4. The molecule has 0 radical (unpaired) electrons. The van der Waals surface area contributed by atoms with Gasteiger partial charge in [0.2, 0.25) is 23.6 Å². The first-order valence-corrected chi connectivity index (χ1v) is 23.5. The molecule has 0 bridgehead atoms. The molecular formula is C50H62N8O7S. The normalized spacial score (nSPS) is 15.7. The third kappa shape index (κ3) is 13.6. The quantitative estimate of drug-likeness (QED) is 0.0410. The predicted octanol–water partition coefficient (Wildman–Crippen LogP) is 7.03. The molecular weight excluding hydrogens is 857 g/mol. The third-order valence-corrected chi connectivity index (χ3v) is 12.7. The molecule has 4 amide bonds. The van der Waals surface area contributed by atoms with Crippen LogP contribution >= 0.6 is 11.3 Å². The number of thiazole rings is 1. The van der Waals surface area contributed by atoms with Gasteiger partial charge in [0, 0.05) is 44.0 Å². The summed E-state index contributed by atoms with van der Waals surface area (Å²) in [5.41, 5.74) is 11.9. The Morgan fingerprint density at radius 1 is 0.879 bits per heavy atom. The summed E-state index contributed by atoms with van der Waals surface area (Å²) in [5.74, 6) is -0.667. The summed E-state index contributed by atoms with van der Waals surface area (Å²) < 4.78 is 6.08. The van der Waals surface area contributed by atoms with Crippen molar-refractivity contribution in [2.75, 3.05) is 18.9 Å². The summed E-state index contributed by atoms with van der Waals surface area (Å²) in [6.45, 7) is 7.95. The minimum absolute atomic E-state index is 0.00930. The zero-order valence-corrected chi connectivity index (χ0v) is 39.0. The molecule has 7 N–H and O–H groups in total. The lowest BCUT2D eigenvalue weighted by atomic mass is 9.85. The van der Waals surface area contributed by atoms with Crippen LogP contribution < -0.4 is 26.4 Å². The first-order valence-electron chi connectivity index (χ1n) is 22.6. The van der Waals surface area contributed by atoms with E-state index in [-0.39, 0.29) is 67.6 Å². The van der Waals surface area contributed by atoms with E-state index in [1.165, 1.54) is 4.90 Å². The smallest absolute Gasteiger partial charge is 0.246 e. The molecule has 5 aromatic rings. The number of para-hydroxylation sites is 1. The minimum Gasteiger partial charge on any atom is -0.507 e. The lowest BCUT2D eigenvalue weighted by Crippen LogP contribution is -2.57. The zero-order chi connectivity index (χ0) is 47.2. The number of aryl methyl sites for hydroxylation is 1. The number of aliphatic hydroxyl groups excluding tert-OH is 1. The van der Waals surface area contributed by atoms with Gasteiger partial charge >= 0.3 is 0 Å². The van der Waals surface area contributed by atoms with E-state index in [2.05, 4.69) is 31.1 Å². The molecule has 3 heterocycles. The van der Waals surface area contributed by atoms with E-state index in [4.69, 9.17) is 10.5 Å². The molecule has 16 heteroatoms. The molecule has 1 aliphatic heterocycles. The molecule has 0 saturated carbocycles. The highest BCUT2D eigenvalue weighted by Gasteiger charge is 2.44. The monoisotopic (exact) mass is 918 g/mol. The van der Waals surface area contributed by atoms with Crippen LogP contribution in [0, 0.1) is 12.3 Å². The Bertz CT molecular complexity index is 2410. The minimum atomic E-state index is -0.888. The Balaban J connectivity index is 0.904. The summed E-state index contributed by atoms with van der Waals surface area (Å²) in [6.07, 6.45) is 4.62. The van der Waals surface area contributed by atoms with Crippen LogP contribution in [0.3, 0.4) is 0 Å². The van der Waals surface area contributed by atoms with E-state index in [1.807, 2.05) is 87.8 Å². The van der Waals surface area contributed by atoms with Crippen molar-refractivity contribution < 1.29 is 34.1 Å². The van der Waals surface area contributed by atoms with E-state index in [0.29, 0.717) is 30.5 Å². The number of aromatic nitrogens is 3.